The fraction of sp³-hybridized carbons (Fsp3) is 0.571. The maximum Gasteiger partial charge on any atom is 0.138 e. The van der Waals surface area contributed by atoms with Crippen LogP contribution in [-0.4, -0.2) is 17.3 Å². The number of aryl methyl sites for hydroxylation is 1. The zero-order chi connectivity index (χ0) is 12.6. The Labute approximate surface area is 108 Å². The molecule has 2 rings (SSSR count). The van der Waals surface area contributed by atoms with E-state index >= 15 is 0 Å². The molecule has 3 atom stereocenters. The fourth-order valence-corrected chi connectivity index (χ4v) is 2.46. The Morgan fingerprint density at radius 3 is 2.82 bits per heavy atom. The monoisotopic (exact) mass is 254 g/mol. The molecule has 3 unspecified atom stereocenters. The molecule has 1 N–H and O–H groups in total. The summed E-state index contributed by atoms with van der Waals surface area (Å²) < 4.78 is 5.95. The third-order valence-corrected chi connectivity index (χ3v) is 4.36. The number of ether oxygens (including phenoxy) is 1. The molecule has 1 fully saturated rings. The van der Waals surface area contributed by atoms with Gasteiger partial charge in [0, 0.05) is 11.8 Å². The first-order chi connectivity index (χ1) is 7.97. The summed E-state index contributed by atoms with van der Waals surface area (Å²) in [5, 5.41) is 10.5. The summed E-state index contributed by atoms with van der Waals surface area (Å²) in [5.74, 6) is 0.725. The van der Waals surface area contributed by atoms with Crippen molar-refractivity contribution in [1.29, 1.82) is 0 Å². The third-order valence-electron chi connectivity index (χ3n) is 4.05. The normalized spacial score (nSPS) is 32.1. The smallest absolute Gasteiger partial charge is 0.138 e. The zero-order valence-corrected chi connectivity index (χ0v) is 11.3. The van der Waals surface area contributed by atoms with Gasteiger partial charge in [-0.25, -0.2) is 0 Å². The molecular weight excluding hydrogens is 236 g/mol. The summed E-state index contributed by atoms with van der Waals surface area (Å²) in [7, 11) is 0. The van der Waals surface area contributed by atoms with Crippen molar-refractivity contribution in [3.8, 4) is 5.75 Å². The molecule has 0 spiro atoms. The van der Waals surface area contributed by atoms with E-state index in [-0.39, 0.29) is 17.6 Å². The van der Waals surface area contributed by atoms with Crippen LogP contribution in [0.5, 0.6) is 5.75 Å². The Morgan fingerprint density at radius 2 is 2.24 bits per heavy atom. The molecule has 1 aromatic rings. The molecule has 2 nitrogen and oxygen atoms in total. The van der Waals surface area contributed by atoms with Crippen LogP contribution in [0.1, 0.15) is 32.3 Å². The topological polar surface area (TPSA) is 29.5 Å². The Kier molecular flexibility index (Phi) is 3.37. The summed E-state index contributed by atoms with van der Waals surface area (Å²) in [5.41, 5.74) is 0.982. The van der Waals surface area contributed by atoms with Gasteiger partial charge in [0.1, 0.15) is 11.9 Å². The van der Waals surface area contributed by atoms with Gasteiger partial charge in [-0.3, -0.25) is 0 Å². The number of aliphatic hydroxyl groups excluding tert-OH is 1. The number of rotatable bonds is 3. The predicted octanol–water partition coefficient (Wildman–Crippen LogP) is 3.58. The van der Waals surface area contributed by atoms with Crippen LogP contribution in [0, 0.1) is 12.3 Å². The van der Waals surface area contributed by atoms with Gasteiger partial charge in [-0.05, 0) is 31.0 Å². The lowest BCUT2D eigenvalue weighted by molar-refractivity contribution is -0.147. The Hall–Kier alpha value is -0.730. The lowest BCUT2D eigenvalue weighted by Crippen LogP contribution is -2.57. The van der Waals surface area contributed by atoms with Crippen molar-refractivity contribution in [2.45, 2.75) is 45.8 Å². The van der Waals surface area contributed by atoms with Crippen molar-refractivity contribution < 1.29 is 9.84 Å². The molecule has 0 amide bonds. The first-order valence-electron chi connectivity index (χ1n) is 6.08. The molecular formula is C14H19ClO2. The van der Waals surface area contributed by atoms with Crippen molar-refractivity contribution in [3.05, 3.63) is 28.8 Å². The minimum Gasteiger partial charge on any atom is -0.488 e. The zero-order valence-electron chi connectivity index (χ0n) is 10.5. The lowest BCUT2D eigenvalue weighted by atomic mass is 9.63. The van der Waals surface area contributed by atoms with Crippen molar-refractivity contribution in [2.75, 3.05) is 0 Å². The average molecular weight is 255 g/mol. The van der Waals surface area contributed by atoms with Gasteiger partial charge in [0.25, 0.3) is 0 Å². The van der Waals surface area contributed by atoms with Crippen molar-refractivity contribution in [2.24, 2.45) is 5.41 Å². The molecule has 17 heavy (non-hydrogen) atoms. The quantitative estimate of drug-likeness (QED) is 0.894. The highest BCUT2D eigenvalue weighted by atomic mass is 35.5. The van der Waals surface area contributed by atoms with Gasteiger partial charge in [0.15, 0.2) is 0 Å². The number of halogens is 1. The molecule has 1 aromatic carbocycles. The van der Waals surface area contributed by atoms with E-state index in [0.29, 0.717) is 11.4 Å². The Balaban J connectivity index is 2.14. The fourth-order valence-electron chi connectivity index (χ4n) is 2.30. The highest BCUT2D eigenvalue weighted by molar-refractivity contribution is 6.32. The molecule has 1 aliphatic rings. The van der Waals surface area contributed by atoms with Crippen LogP contribution in [0.15, 0.2) is 18.2 Å². The van der Waals surface area contributed by atoms with Gasteiger partial charge in [-0.2, -0.15) is 0 Å². The summed E-state index contributed by atoms with van der Waals surface area (Å²) >= 11 is 6.11. The maximum atomic E-state index is 9.83. The molecule has 0 aromatic heterocycles. The summed E-state index contributed by atoms with van der Waals surface area (Å²) in [4.78, 5) is 0. The van der Waals surface area contributed by atoms with E-state index in [1.165, 1.54) is 0 Å². The number of hydrogen-bond acceptors (Lipinski definition) is 2. The third kappa shape index (κ3) is 2.16. The van der Waals surface area contributed by atoms with Crippen LogP contribution >= 0.6 is 11.6 Å². The van der Waals surface area contributed by atoms with E-state index in [4.69, 9.17) is 16.3 Å². The largest absolute Gasteiger partial charge is 0.488 e. The minimum absolute atomic E-state index is 0.0572. The van der Waals surface area contributed by atoms with Crippen LogP contribution in [0.4, 0.5) is 0 Å². The molecule has 0 heterocycles. The number of hydrogen-bond donors (Lipinski definition) is 1. The van der Waals surface area contributed by atoms with Crippen LogP contribution in [0.2, 0.25) is 5.02 Å². The number of aliphatic hydroxyl groups is 1. The van der Waals surface area contributed by atoms with Gasteiger partial charge in [-0.15, -0.1) is 0 Å². The second-order valence-electron chi connectivity index (χ2n) is 5.15. The molecule has 0 saturated heterocycles. The summed E-state index contributed by atoms with van der Waals surface area (Å²) in [6, 6.07) is 5.76. The predicted molar refractivity (Wildman–Crippen MR) is 69.6 cm³/mol. The molecule has 0 radical (unpaired) electrons. The van der Waals surface area contributed by atoms with Crippen LogP contribution in [-0.2, 0) is 0 Å². The molecule has 0 bridgehead atoms. The van der Waals surface area contributed by atoms with Gasteiger partial charge in [-0.1, -0.05) is 31.5 Å². The van der Waals surface area contributed by atoms with Gasteiger partial charge < -0.3 is 9.84 Å². The molecule has 94 valence electrons. The van der Waals surface area contributed by atoms with E-state index < -0.39 is 0 Å². The van der Waals surface area contributed by atoms with E-state index in [1.807, 2.05) is 25.1 Å². The van der Waals surface area contributed by atoms with E-state index in [0.717, 1.165) is 17.7 Å². The second kappa shape index (κ2) is 4.51. The molecule has 0 aliphatic heterocycles. The first-order valence-corrected chi connectivity index (χ1v) is 6.46. The van der Waals surface area contributed by atoms with Gasteiger partial charge in [0.05, 0.1) is 11.1 Å². The van der Waals surface area contributed by atoms with Gasteiger partial charge in [0.2, 0.25) is 0 Å². The lowest BCUT2D eigenvalue weighted by Gasteiger charge is -2.50. The van der Waals surface area contributed by atoms with Crippen LogP contribution < -0.4 is 4.74 Å². The highest BCUT2D eigenvalue weighted by Crippen LogP contribution is 2.46. The van der Waals surface area contributed by atoms with Crippen molar-refractivity contribution in [3.63, 3.8) is 0 Å². The van der Waals surface area contributed by atoms with Crippen LogP contribution in [0.25, 0.3) is 0 Å². The van der Waals surface area contributed by atoms with E-state index in [1.54, 1.807) is 0 Å². The van der Waals surface area contributed by atoms with Crippen molar-refractivity contribution >= 4 is 11.6 Å². The highest BCUT2D eigenvalue weighted by Gasteiger charge is 2.51. The summed E-state index contributed by atoms with van der Waals surface area (Å²) in [6.07, 6.45) is 1.39. The maximum absolute atomic E-state index is 9.83. The molecule has 1 aliphatic carbocycles. The number of benzene rings is 1. The van der Waals surface area contributed by atoms with E-state index in [2.05, 4.69) is 13.8 Å². The first kappa shape index (κ1) is 12.7. The Bertz CT molecular complexity index is 419. The van der Waals surface area contributed by atoms with Gasteiger partial charge >= 0.3 is 0 Å². The van der Waals surface area contributed by atoms with E-state index in [9.17, 15) is 5.11 Å². The average Bonchev–Trinajstić information content (AvgIpc) is 2.32. The molecule has 3 heteroatoms. The summed E-state index contributed by atoms with van der Waals surface area (Å²) in [6.45, 7) is 6.16. The minimum atomic E-state index is -0.263. The Morgan fingerprint density at radius 1 is 1.53 bits per heavy atom. The van der Waals surface area contributed by atoms with Crippen molar-refractivity contribution in [1.82, 2.24) is 0 Å². The second-order valence-corrected chi connectivity index (χ2v) is 5.56. The standard InChI is InChI=1S/C14H19ClO2/c1-4-14(3)12(16)8-13(14)17-11-7-9(2)5-6-10(11)15/h5-7,12-13,16H,4,8H2,1-3H3. The molecule has 1 saturated carbocycles. The SMILES string of the molecule is CCC1(C)C(O)CC1Oc1cc(C)ccc1Cl. The van der Waals surface area contributed by atoms with Crippen LogP contribution in [0.3, 0.4) is 0 Å².